The zero-order valence-electron chi connectivity index (χ0n) is 18.3. The number of benzene rings is 2. The van der Waals surface area contributed by atoms with Crippen molar-refractivity contribution >= 4 is 16.9 Å². The minimum atomic E-state index is -1.50. The van der Waals surface area contributed by atoms with Gasteiger partial charge in [0.05, 0.1) is 0 Å². The second-order valence-corrected chi connectivity index (χ2v) is 8.40. The molecule has 5 N–H and O–H groups in total. The Labute approximate surface area is 193 Å². The molecule has 3 aromatic rings. The second kappa shape index (κ2) is 8.88. The number of aromatic hydroxyl groups is 3. The predicted octanol–water partition coefficient (Wildman–Crippen LogP) is 2.02. The Kier molecular flexibility index (Phi) is 6.11. The van der Waals surface area contributed by atoms with Crippen LogP contribution in [0.15, 0.2) is 45.6 Å². The van der Waals surface area contributed by atoms with Gasteiger partial charge < -0.3 is 39.4 Å². The van der Waals surface area contributed by atoms with Crippen molar-refractivity contribution in [1.82, 2.24) is 0 Å². The number of carbonyl (C=O) groups excluding carboxylic acids is 1. The van der Waals surface area contributed by atoms with Crippen molar-refractivity contribution in [3.05, 3.63) is 46.6 Å². The predicted molar refractivity (Wildman–Crippen MR) is 119 cm³/mol. The van der Waals surface area contributed by atoms with Crippen LogP contribution in [0.4, 0.5) is 0 Å². The van der Waals surface area contributed by atoms with Gasteiger partial charge in [0.1, 0.15) is 52.6 Å². The molecule has 1 aliphatic carbocycles. The van der Waals surface area contributed by atoms with E-state index in [-0.39, 0.29) is 40.4 Å². The van der Waals surface area contributed by atoms with Gasteiger partial charge in [0, 0.05) is 24.6 Å². The lowest BCUT2D eigenvalue weighted by molar-refractivity contribution is -0.182. The van der Waals surface area contributed by atoms with Crippen molar-refractivity contribution in [3.8, 4) is 34.3 Å². The average molecular weight is 472 g/mol. The maximum atomic E-state index is 13.4. The molecule has 1 unspecified atom stereocenters. The molecule has 180 valence electrons. The monoisotopic (exact) mass is 472 g/mol. The molecule has 1 saturated carbocycles. The maximum Gasteiger partial charge on any atom is 0.303 e. The number of hydrogen-bond donors (Lipinski definition) is 5. The standard InChI is InChI=1S/C24H24O10/c1-10-7-17(19(29)21(31)22(10)32-11(2)25)34-24-20(30)18-15(28)8-14(27)9-16(18)33-23(24)12-3-5-13(26)6-4-12/h3-6,8-10,17,19,21-22,26-29,31H,7H2,1-2H3/t10-,17-,19+,21+,22?/m1/s1. The topological polar surface area (TPSA) is 167 Å². The largest absolute Gasteiger partial charge is 0.508 e. The van der Waals surface area contributed by atoms with E-state index in [0.717, 1.165) is 12.1 Å². The average Bonchev–Trinajstić information content (AvgIpc) is 2.76. The highest BCUT2D eigenvalue weighted by molar-refractivity contribution is 5.88. The third-order valence-electron chi connectivity index (χ3n) is 5.85. The SMILES string of the molecule is CC(=O)OC1[C@H](C)C[C@@H](Oc2c(-c3ccc(O)cc3)oc3cc(O)cc(O)c3c2=O)[C@H](O)[C@@H]1O. The number of rotatable bonds is 4. The minimum absolute atomic E-state index is 0.0270. The number of aliphatic hydroxyl groups excluding tert-OH is 2. The molecule has 10 nitrogen and oxygen atoms in total. The summed E-state index contributed by atoms with van der Waals surface area (Å²) in [7, 11) is 0. The zero-order valence-corrected chi connectivity index (χ0v) is 18.3. The fraction of sp³-hybridized carbons (Fsp3) is 0.333. The van der Waals surface area contributed by atoms with Gasteiger partial charge in [-0.15, -0.1) is 0 Å². The molecule has 1 heterocycles. The van der Waals surface area contributed by atoms with Crippen LogP contribution in [0.1, 0.15) is 20.3 Å². The molecule has 0 radical (unpaired) electrons. The first-order valence-corrected chi connectivity index (χ1v) is 10.6. The Bertz CT molecular complexity index is 1280. The summed E-state index contributed by atoms with van der Waals surface area (Å²) in [5.41, 5.74) is -0.532. The van der Waals surface area contributed by atoms with E-state index in [1.165, 1.54) is 31.2 Å². The van der Waals surface area contributed by atoms with E-state index in [4.69, 9.17) is 13.9 Å². The van der Waals surface area contributed by atoms with Crippen molar-refractivity contribution in [2.24, 2.45) is 5.92 Å². The molecule has 4 rings (SSSR count). The molecule has 0 bridgehead atoms. The van der Waals surface area contributed by atoms with E-state index < -0.39 is 47.5 Å². The van der Waals surface area contributed by atoms with Crippen LogP contribution in [-0.2, 0) is 9.53 Å². The first kappa shape index (κ1) is 23.4. The summed E-state index contributed by atoms with van der Waals surface area (Å²) in [6.07, 6.45) is -4.87. The Hall–Kier alpha value is -3.76. The van der Waals surface area contributed by atoms with E-state index in [2.05, 4.69) is 0 Å². The van der Waals surface area contributed by atoms with Gasteiger partial charge in [-0.1, -0.05) is 6.92 Å². The minimum Gasteiger partial charge on any atom is -0.508 e. The van der Waals surface area contributed by atoms with Crippen LogP contribution in [0.5, 0.6) is 23.0 Å². The molecule has 0 amide bonds. The van der Waals surface area contributed by atoms with Crippen LogP contribution in [0, 0.1) is 5.92 Å². The highest BCUT2D eigenvalue weighted by Crippen LogP contribution is 2.38. The lowest BCUT2D eigenvalue weighted by Gasteiger charge is -2.40. The van der Waals surface area contributed by atoms with E-state index in [0.29, 0.717) is 5.56 Å². The fourth-order valence-electron chi connectivity index (χ4n) is 4.22. The highest BCUT2D eigenvalue weighted by Gasteiger charge is 2.45. The highest BCUT2D eigenvalue weighted by atomic mass is 16.6. The van der Waals surface area contributed by atoms with E-state index >= 15 is 0 Å². The van der Waals surface area contributed by atoms with Crippen molar-refractivity contribution in [2.75, 3.05) is 0 Å². The number of phenolic OH excluding ortho intramolecular Hbond substituents is 3. The fourth-order valence-corrected chi connectivity index (χ4v) is 4.22. The number of esters is 1. The summed E-state index contributed by atoms with van der Waals surface area (Å²) in [4.78, 5) is 24.8. The van der Waals surface area contributed by atoms with Crippen LogP contribution in [0.3, 0.4) is 0 Å². The molecule has 10 heteroatoms. The van der Waals surface area contributed by atoms with Gasteiger partial charge in [0.2, 0.25) is 11.2 Å². The Balaban J connectivity index is 1.82. The second-order valence-electron chi connectivity index (χ2n) is 8.40. The molecule has 1 fully saturated rings. The van der Waals surface area contributed by atoms with Crippen LogP contribution in [0.25, 0.3) is 22.3 Å². The Morgan fingerprint density at radius 1 is 1.03 bits per heavy atom. The van der Waals surface area contributed by atoms with E-state index in [1.54, 1.807) is 6.92 Å². The molecule has 1 aliphatic rings. The quantitative estimate of drug-likeness (QED) is 0.354. The summed E-state index contributed by atoms with van der Waals surface area (Å²) in [6, 6.07) is 7.83. The summed E-state index contributed by atoms with van der Waals surface area (Å²) in [6.45, 7) is 2.90. The summed E-state index contributed by atoms with van der Waals surface area (Å²) < 4.78 is 16.9. The number of ether oxygens (including phenoxy) is 2. The number of hydrogen-bond acceptors (Lipinski definition) is 10. The van der Waals surface area contributed by atoms with Gasteiger partial charge in [-0.3, -0.25) is 9.59 Å². The van der Waals surface area contributed by atoms with Gasteiger partial charge in [-0.05, 0) is 36.6 Å². The van der Waals surface area contributed by atoms with Gasteiger partial charge in [0.25, 0.3) is 0 Å². The maximum absolute atomic E-state index is 13.4. The Morgan fingerprint density at radius 3 is 2.35 bits per heavy atom. The van der Waals surface area contributed by atoms with Gasteiger partial charge in [0.15, 0.2) is 5.76 Å². The van der Waals surface area contributed by atoms with Crippen LogP contribution >= 0.6 is 0 Å². The van der Waals surface area contributed by atoms with Gasteiger partial charge in [-0.2, -0.15) is 0 Å². The molecule has 2 aromatic carbocycles. The number of carbonyl (C=O) groups is 1. The first-order valence-electron chi connectivity index (χ1n) is 10.6. The number of aliphatic hydroxyl groups is 2. The number of phenols is 3. The van der Waals surface area contributed by atoms with Crippen LogP contribution in [0.2, 0.25) is 0 Å². The lowest BCUT2D eigenvalue weighted by atomic mass is 9.81. The van der Waals surface area contributed by atoms with Gasteiger partial charge in [-0.25, -0.2) is 0 Å². The third-order valence-corrected chi connectivity index (χ3v) is 5.85. The summed E-state index contributed by atoms with van der Waals surface area (Å²) in [5, 5.41) is 50.7. The Morgan fingerprint density at radius 2 is 1.71 bits per heavy atom. The van der Waals surface area contributed by atoms with Crippen molar-refractivity contribution in [1.29, 1.82) is 0 Å². The van der Waals surface area contributed by atoms with Gasteiger partial charge >= 0.3 is 5.97 Å². The van der Waals surface area contributed by atoms with Crippen LogP contribution in [-0.4, -0.2) is 55.9 Å². The van der Waals surface area contributed by atoms with E-state index in [1.807, 2.05) is 0 Å². The molecule has 0 spiro atoms. The van der Waals surface area contributed by atoms with E-state index in [9.17, 15) is 35.1 Å². The molecule has 1 aromatic heterocycles. The molecule has 0 saturated heterocycles. The van der Waals surface area contributed by atoms with Crippen molar-refractivity contribution < 1.29 is 44.2 Å². The molecular formula is C24H24O10. The summed E-state index contributed by atoms with van der Waals surface area (Å²) >= 11 is 0. The first-order chi connectivity index (χ1) is 16.1. The lowest BCUT2D eigenvalue weighted by Crippen LogP contribution is -2.56. The molecule has 5 atom stereocenters. The molecular weight excluding hydrogens is 448 g/mol. The molecule has 34 heavy (non-hydrogen) atoms. The smallest absolute Gasteiger partial charge is 0.303 e. The third kappa shape index (κ3) is 4.25. The molecule has 0 aliphatic heterocycles. The normalized spacial score (nSPS) is 24.6. The van der Waals surface area contributed by atoms with Crippen molar-refractivity contribution in [3.63, 3.8) is 0 Å². The summed E-state index contributed by atoms with van der Waals surface area (Å²) in [5.74, 6) is -2.31. The number of fused-ring (bicyclic) bond motifs is 1. The zero-order chi connectivity index (χ0) is 24.7. The van der Waals surface area contributed by atoms with Crippen molar-refractivity contribution in [2.45, 2.75) is 44.7 Å². The van der Waals surface area contributed by atoms with Crippen LogP contribution < -0.4 is 10.2 Å².